The molecule has 0 bridgehead atoms. The molecule has 1 heterocycles. The van der Waals surface area contributed by atoms with Gasteiger partial charge in [0.1, 0.15) is 0 Å². The number of urea groups is 1. The SMILES string of the molecule is O=C(O)C1COCCN1C(=O)N(CC1CC1)CC1CC1. The first-order chi connectivity index (χ1) is 9.65. The molecule has 112 valence electrons. The second-order valence-electron chi connectivity index (χ2n) is 6.20. The van der Waals surface area contributed by atoms with Gasteiger partial charge in [0.2, 0.25) is 0 Å². The number of carboxylic acids is 1. The van der Waals surface area contributed by atoms with E-state index < -0.39 is 12.0 Å². The summed E-state index contributed by atoms with van der Waals surface area (Å²) >= 11 is 0. The zero-order chi connectivity index (χ0) is 14.1. The van der Waals surface area contributed by atoms with Gasteiger partial charge in [-0.2, -0.15) is 0 Å². The van der Waals surface area contributed by atoms with E-state index in [2.05, 4.69) is 0 Å². The topological polar surface area (TPSA) is 70.1 Å². The number of amides is 2. The molecule has 1 N–H and O–H groups in total. The zero-order valence-corrected chi connectivity index (χ0v) is 11.7. The van der Waals surface area contributed by atoms with Crippen molar-refractivity contribution in [3.8, 4) is 0 Å². The molecule has 20 heavy (non-hydrogen) atoms. The molecule has 1 aliphatic heterocycles. The minimum Gasteiger partial charge on any atom is -0.480 e. The van der Waals surface area contributed by atoms with Gasteiger partial charge in [-0.25, -0.2) is 9.59 Å². The summed E-state index contributed by atoms with van der Waals surface area (Å²) < 4.78 is 5.20. The van der Waals surface area contributed by atoms with Crippen molar-refractivity contribution < 1.29 is 19.4 Å². The number of rotatable bonds is 5. The highest BCUT2D eigenvalue weighted by molar-refractivity contribution is 5.83. The molecule has 1 unspecified atom stereocenters. The summed E-state index contributed by atoms with van der Waals surface area (Å²) in [6.45, 7) is 2.48. The van der Waals surface area contributed by atoms with Crippen LogP contribution in [0.3, 0.4) is 0 Å². The third kappa shape index (κ3) is 3.23. The number of carbonyl (C=O) groups excluding carboxylic acids is 1. The Kier molecular flexibility index (Phi) is 3.83. The maximum Gasteiger partial charge on any atom is 0.328 e. The van der Waals surface area contributed by atoms with E-state index in [9.17, 15) is 14.7 Å². The maximum atomic E-state index is 12.7. The highest BCUT2D eigenvalue weighted by Gasteiger charge is 2.38. The van der Waals surface area contributed by atoms with Crippen LogP contribution in [0.15, 0.2) is 0 Å². The van der Waals surface area contributed by atoms with Gasteiger partial charge in [0.15, 0.2) is 6.04 Å². The molecule has 0 spiro atoms. The van der Waals surface area contributed by atoms with Crippen molar-refractivity contribution in [1.82, 2.24) is 9.80 Å². The van der Waals surface area contributed by atoms with Crippen molar-refractivity contribution in [2.45, 2.75) is 31.7 Å². The quantitative estimate of drug-likeness (QED) is 0.817. The predicted molar refractivity (Wildman–Crippen MR) is 71.4 cm³/mol. The molecular weight excluding hydrogens is 260 g/mol. The largest absolute Gasteiger partial charge is 0.480 e. The van der Waals surface area contributed by atoms with Crippen LogP contribution in [0.1, 0.15) is 25.7 Å². The van der Waals surface area contributed by atoms with Crippen LogP contribution in [0.25, 0.3) is 0 Å². The zero-order valence-electron chi connectivity index (χ0n) is 11.7. The van der Waals surface area contributed by atoms with E-state index in [4.69, 9.17) is 4.74 Å². The fourth-order valence-corrected chi connectivity index (χ4v) is 2.67. The Morgan fingerprint density at radius 2 is 1.75 bits per heavy atom. The lowest BCUT2D eigenvalue weighted by Crippen LogP contribution is -2.57. The Morgan fingerprint density at radius 3 is 2.25 bits per heavy atom. The van der Waals surface area contributed by atoms with Crippen molar-refractivity contribution in [3.05, 3.63) is 0 Å². The second-order valence-corrected chi connectivity index (χ2v) is 6.20. The molecule has 3 aliphatic rings. The Hall–Kier alpha value is -1.30. The van der Waals surface area contributed by atoms with Gasteiger partial charge in [-0.15, -0.1) is 0 Å². The smallest absolute Gasteiger partial charge is 0.328 e. The highest BCUT2D eigenvalue weighted by Crippen LogP contribution is 2.34. The molecule has 6 heteroatoms. The van der Waals surface area contributed by atoms with Crippen molar-refractivity contribution >= 4 is 12.0 Å². The Balaban J connectivity index is 1.66. The Labute approximate surface area is 118 Å². The van der Waals surface area contributed by atoms with Crippen molar-refractivity contribution in [3.63, 3.8) is 0 Å². The maximum absolute atomic E-state index is 12.7. The molecule has 2 amide bonds. The third-order valence-corrected chi connectivity index (χ3v) is 4.28. The molecule has 2 saturated carbocycles. The average Bonchev–Trinajstić information content (AvgIpc) is 3.32. The van der Waals surface area contributed by atoms with E-state index in [0.717, 1.165) is 13.1 Å². The number of carboxylic acid groups (broad SMARTS) is 1. The van der Waals surface area contributed by atoms with E-state index in [-0.39, 0.29) is 12.6 Å². The first kappa shape index (κ1) is 13.7. The van der Waals surface area contributed by atoms with E-state index in [1.54, 1.807) is 0 Å². The summed E-state index contributed by atoms with van der Waals surface area (Å²) in [4.78, 5) is 27.3. The van der Waals surface area contributed by atoms with Crippen LogP contribution in [0.2, 0.25) is 0 Å². The lowest BCUT2D eigenvalue weighted by Gasteiger charge is -2.37. The summed E-state index contributed by atoms with van der Waals surface area (Å²) in [6, 6.07) is -0.948. The number of hydrogen-bond donors (Lipinski definition) is 1. The van der Waals surface area contributed by atoms with Crippen LogP contribution < -0.4 is 0 Å². The third-order valence-electron chi connectivity index (χ3n) is 4.28. The van der Waals surface area contributed by atoms with Gasteiger partial charge in [0.05, 0.1) is 13.2 Å². The van der Waals surface area contributed by atoms with Crippen LogP contribution in [-0.2, 0) is 9.53 Å². The number of carbonyl (C=O) groups is 2. The highest BCUT2D eigenvalue weighted by atomic mass is 16.5. The molecule has 6 nitrogen and oxygen atoms in total. The van der Waals surface area contributed by atoms with Gasteiger partial charge in [0.25, 0.3) is 0 Å². The molecule has 1 atom stereocenters. The minimum absolute atomic E-state index is 0.0990. The van der Waals surface area contributed by atoms with Gasteiger partial charge in [-0.3, -0.25) is 0 Å². The molecular formula is C14H22N2O4. The van der Waals surface area contributed by atoms with Crippen molar-refractivity contribution in [1.29, 1.82) is 0 Å². The monoisotopic (exact) mass is 282 g/mol. The van der Waals surface area contributed by atoms with Crippen LogP contribution in [0, 0.1) is 11.8 Å². The molecule has 3 rings (SSSR count). The fraction of sp³-hybridized carbons (Fsp3) is 0.857. The summed E-state index contributed by atoms with van der Waals surface area (Å²) in [6.07, 6.45) is 4.78. The van der Waals surface area contributed by atoms with Crippen LogP contribution in [0.4, 0.5) is 4.79 Å². The van der Waals surface area contributed by atoms with Gasteiger partial charge in [-0.05, 0) is 37.5 Å². The van der Waals surface area contributed by atoms with Crippen LogP contribution >= 0.6 is 0 Å². The molecule has 0 aromatic carbocycles. The standard InChI is InChI=1S/C14H22N2O4/c17-13(18)12-9-20-6-5-16(12)14(19)15(7-10-1-2-10)8-11-3-4-11/h10-12H,1-9H2,(H,17,18). The molecule has 2 aliphatic carbocycles. The minimum atomic E-state index is -0.976. The van der Waals surface area contributed by atoms with Gasteiger partial charge >= 0.3 is 12.0 Å². The summed E-state index contributed by atoms with van der Waals surface area (Å²) in [5.41, 5.74) is 0. The molecule has 0 aromatic rings. The van der Waals surface area contributed by atoms with Crippen LogP contribution in [0.5, 0.6) is 0 Å². The summed E-state index contributed by atoms with van der Waals surface area (Å²) in [5, 5.41) is 9.24. The molecule has 3 fully saturated rings. The first-order valence-electron chi connectivity index (χ1n) is 7.51. The van der Waals surface area contributed by atoms with Gasteiger partial charge in [-0.1, -0.05) is 0 Å². The average molecular weight is 282 g/mol. The van der Waals surface area contributed by atoms with Crippen molar-refractivity contribution in [2.24, 2.45) is 11.8 Å². The van der Waals surface area contributed by atoms with Gasteiger partial charge in [0, 0.05) is 19.6 Å². The second kappa shape index (κ2) is 5.60. The summed E-state index contributed by atoms with van der Waals surface area (Å²) in [5.74, 6) is 0.278. The molecule has 0 radical (unpaired) electrons. The van der Waals surface area contributed by atoms with E-state index in [1.165, 1.54) is 30.6 Å². The summed E-state index contributed by atoms with van der Waals surface area (Å²) in [7, 11) is 0. The molecule has 0 aromatic heterocycles. The lowest BCUT2D eigenvalue weighted by atomic mass is 10.2. The van der Waals surface area contributed by atoms with E-state index in [1.807, 2.05) is 4.90 Å². The predicted octanol–water partition coefficient (Wildman–Crippen LogP) is 1.01. The number of morpholine rings is 1. The number of nitrogens with zero attached hydrogens (tertiary/aromatic N) is 2. The Bertz CT molecular complexity index is 379. The Morgan fingerprint density at radius 1 is 1.15 bits per heavy atom. The normalized spacial score (nSPS) is 26.4. The van der Waals surface area contributed by atoms with Crippen molar-refractivity contribution in [2.75, 3.05) is 32.8 Å². The van der Waals surface area contributed by atoms with E-state index in [0.29, 0.717) is 25.0 Å². The van der Waals surface area contributed by atoms with E-state index >= 15 is 0 Å². The van der Waals surface area contributed by atoms with Gasteiger partial charge < -0.3 is 19.6 Å². The molecule has 1 saturated heterocycles. The first-order valence-corrected chi connectivity index (χ1v) is 7.51. The number of hydrogen-bond acceptors (Lipinski definition) is 3. The lowest BCUT2D eigenvalue weighted by molar-refractivity contribution is -0.147. The number of aliphatic carboxylic acids is 1. The number of ether oxygens (including phenoxy) is 1. The van der Waals surface area contributed by atoms with Crippen LogP contribution in [-0.4, -0.2) is 65.8 Å². The fourth-order valence-electron chi connectivity index (χ4n) is 2.67.